The quantitative estimate of drug-likeness (QED) is 0.808. The summed E-state index contributed by atoms with van der Waals surface area (Å²) in [5.41, 5.74) is -0.478. The summed E-state index contributed by atoms with van der Waals surface area (Å²) < 4.78 is 4.58. The van der Waals surface area contributed by atoms with Crippen LogP contribution in [0.5, 0.6) is 0 Å². The van der Waals surface area contributed by atoms with E-state index in [2.05, 4.69) is 15.0 Å². The number of aliphatic hydroxyl groups is 1. The van der Waals surface area contributed by atoms with Crippen LogP contribution in [0.15, 0.2) is 0 Å². The Hall–Kier alpha value is -0.850. The number of nitrogens with zero attached hydrogens (tertiary/aromatic N) is 1. The molecular formula is C10H15ClN2O3S. The molecule has 1 aromatic rings. The van der Waals surface area contributed by atoms with Gasteiger partial charge in [0.1, 0.15) is 0 Å². The Bertz CT molecular complexity index is 404. The lowest BCUT2D eigenvalue weighted by molar-refractivity contribution is 0.0606. The van der Waals surface area contributed by atoms with Gasteiger partial charge in [-0.05, 0) is 13.3 Å². The molecule has 1 rings (SSSR count). The van der Waals surface area contributed by atoms with Crippen molar-refractivity contribution in [3.8, 4) is 0 Å². The molecule has 96 valence electrons. The zero-order valence-electron chi connectivity index (χ0n) is 9.91. The second-order valence-electron chi connectivity index (χ2n) is 3.83. The predicted octanol–water partition coefficient (Wildman–Crippen LogP) is 2.16. The summed E-state index contributed by atoms with van der Waals surface area (Å²) in [6.45, 7) is 3.77. The maximum Gasteiger partial charge on any atom is 0.351 e. The molecule has 0 aliphatic carbocycles. The first-order valence-corrected chi connectivity index (χ1v) is 6.29. The minimum atomic E-state index is -0.511. The third kappa shape index (κ3) is 3.31. The fraction of sp³-hybridized carbons (Fsp3) is 0.600. The summed E-state index contributed by atoms with van der Waals surface area (Å²) in [7, 11) is 1.29. The minimum absolute atomic E-state index is 0.0335. The van der Waals surface area contributed by atoms with Crippen LogP contribution in [-0.4, -0.2) is 35.3 Å². The number of methoxy groups -OCH3 is 1. The molecule has 0 radical (unpaired) electrons. The monoisotopic (exact) mass is 278 g/mol. The molecular weight excluding hydrogens is 264 g/mol. The molecule has 0 aromatic carbocycles. The van der Waals surface area contributed by atoms with Gasteiger partial charge in [-0.3, -0.25) is 0 Å². The number of halogens is 1. The Labute approximate surface area is 109 Å². The second kappa shape index (κ2) is 5.66. The summed E-state index contributed by atoms with van der Waals surface area (Å²) in [4.78, 5) is 15.6. The topological polar surface area (TPSA) is 71.5 Å². The molecule has 0 bridgehead atoms. The van der Waals surface area contributed by atoms with Crippen LogP contribution in [0.4, 0.5) is 5.13 Å². The van der Waals surface area contributed by atoms with E-state index in [0.29, 0.717) is 11.6 Å². The number of thiazole rings is 1. The molecule has 0 spiro atoms. The van der Waals surface area contributed by atoms with E-state index in [0.717, 1.165) is 11.3 Å². The second-order valence-corrected chi connectivity index (χ2v) is 5.18. The lowest BCUT2D eigenvalue weighted by atomic mass is 10.0. The highest BCUT2D eigenvalue weighted by Crippen LogP contribution is 2.29. The van der Waals surface area contributed by atoms with Crippen LogP contribution in [0, 0.1) is 0 Å². The Balaban J connectivity index is 2.91. The van der Waals surface area contributed by atoms with E-state index in [1.54, 1.807) is 0 Å². The van der Waals surface area contributed by atoms with Crippen molar-refractivity contribution in [1.29, 1.82) is 0 Å². The van der Waals surface area contributed by atoms with E-state index in [4.69, 9.17) is 11.6 Å². The van der Waals surface area contributed by atoms with Crippen molar-refractivity contribution in [1.82, 2.24) is 4.98 Å². The number of anilines is 1. The Kier molecular flexibility index (Phi) is 4.73. The van der Waals surface area contributed by atoms with Crippen LogP contribution >= 0.6 is 22.9 Å². The van der Waals surface area contributed by atoms with Gasteiger partial charge in [-0.2, -0.15) is 0 Å². The Morgan fingerprint density at radius 2 is 2.35 bits per heavy atom. The van der Waals surface area contributed by atoms with Gasteiger partial charge < -0.3 is 15.2 Å². The predicted molar refractivity (Wildman–Crippen MR) is 67.9 cm³/mol. The lowest BCUT2D eigenvalue weighted by Gasteiger charge is -2.26. The number of aromatic nitrogens is 1. The first-order valence-electron chi connectivity index (χ1n) is 5.09. The summed E-state index contributed by atoms with van der Waals surface area (Å²) in [5.74, 6) is -0.511. The summed E-state index contributed by atoms with van der Waals surface area (Å²) in [6.07, 6.45) is 0.717. The number of aliphatic hydroxyl groups excluding tert-OH is 1. The van der Waals surface area contributed by atoms with E-state index >= 15 is 0 Å². The van der Waals surface area contributed by atoms with Crippen LogP contribution in [0.3, 0.4) is 0 Å². The van der Waals surface area contributed by atoms with Gasteiger partial charge in [0.25, 0.3) is 0 Å². The molecule has 0 amide bonds. The van der Waals surface area contributed by atoms with Gasteiger partial charge in [0.15, 0.2) is 15.2 Å². The summed E-state index contributed by atoms with van der Waals surface area (Å²) in [6, 6.07) is 0. The van der Waals surface area contributed by atoms with Crippen LogP contribution < -0.4 is 5.32 Å². The van der Waals surface area contributed by atoms with Crippen LogP contribution in [0.25, 0.3) is 0 Å². The number of esters is 1. The Morgan fingerprint density at radius 3 is 2.82 bits per heavy atom. The molecule has 1 aromatic heterocycles. The van der Waals surface area contributed by atoms with Gasteiger partial charge in [-0.15, -0.1) is 0 Å². The molecule has 0 aliphatic heterocycles. The standard InChI is InChI=1S/C10H15ClN2O3S/c1-4-10(2,5-14)13-9-12-7(11)6(17-9)8(15)16-3/h14H,4-5H2,1-3H3,(H,12,13). The van der Waals surface area contributed by atoms with Crippen molar-refractivity contribution in [2.75, 3.05) is 19.0 Å². The number of hydrogen-bond donors (Lipinski definition) is 2. The minimum Gasteiger partial charge on any atom is -0.465 e. The SMILES string of the molecule is CCC(C)(CO)Nc1nc(Cl)c(C(=O)OC)s1. The maximum atomic E-state index is 11.3. The third-order valence-corrected chi connectivity index (χ3v) is 3.83. The van der Waals surface area contributed by atoms with E-state index in [9.17, 15) is 9.90 Å². The lowest BCUT2D eigenvalue weighted by Crippen LogP contribution is -2.37. The highest BCUT2D eigenvalue weighted by Gasteiger charge is 2.24. The van der Waals surface area contributed by atoms with Crippen molar-refractivity contribution in [2.45, 2.75) is 25.8 Å². The molecule has 7 heteroatoms. The highest BCUT2D eigenvalue weighted by atomic mass is 35.5. The maximum absolute atomic E-state index is 11.3. The number of rotatable bonds is 5. The molecule has 0 fully saturated rings. The van der Waals surface area contributed by atoms with E-state index in [-0.39, 0.29) is 16.6 Å². The molecule has 1 atom stereocenters. The van der Waals surface area contributed by atoms with Crippen molar-refractivity contribution < 1.29 is 14.6 Å². The molecule has 1 heterocycles. The largest absolute Gasteiger partial charge is 0.465 e. The number of carbonyl (C=O) groups is 1. The molecule has 0 saturated heterocycles. The average molecular weight is 279 g/mol. The first-order chi connectivity index (χ1) is 7.95. The van der Waals surface area contributed by atoms with Crippen molar-refractivity contribution in [3.05, 3.63) is 10.0 Å². The van der Waals surface area contributed by atoms with Gasteiger partial charge in [-0.1, -0.05) is 29.9 Å². The van der Waals surface area contributed by atoms with Gasteiger partial charge in [-0.25, -0.2) is 9.78 Å². The average Bonchev–Trinajstić information content (AvgIpc) is 2.68. The summed E-state index contributed by atoms with van der Waals surface area (Å²) in [5, 5.41) is 12.9. The number of ether oxygens (including phenoxy) is 1. The fourth-order valence-corrected chi connectivity index (χ4v) is 2.32. The van der Waals surface area contributed by atoms with Crippen LogP contribution in [-0.2, 0) is 4.74 Å². The number of carbonyl (C=O) groups excluding carboxylic acids is 1. The van der Waals surface area contributed by atoms with Gasteiger partial charge >= 0.3 is 5.97 Å². The van der Waals surface area contributed by atoms with E-state index in [1.165, 1.54) is 7.11 Å². The van der Waals surface area contributed by atoms with E-state index < -0.39 is 11.5 Å². The molecule has 5 nitrogen and oxygen atoms in total. The van der Waals surface area contributed by atoms with Gasteiger partial charge in [0, 0.05) is 0 Å². The molecule has 0 saturated carbocycles. The van der Waals surface area contributed by atoms with Crippen molar-refractivity contribution in [2.24, 2.45) is 0 Å². The molecule has 0 aliphatic rings. The van der Waals surface area contributed by atoms with Crippen LogP contribution in [0.2, 0.25) is 5.15 Å². The molecule has 1 unspecified atom stereocenters. The summed E-state index contributed by atoms with van der Waals surface area (Å²) >= 11 is 6.94. The number of nitrogens with one attached hydrogen (secondary N) is 1. The number of hydrogen-bond acceptors (Lipinski definition) is 6. The van der Waals surface area contributed by atoms with Crippen molar-refractivity contribution in [3.63, 3.8) is 0 Å². The third-order valence-electron chi connectivity index (χ3n) is 2.49. The first kappa shape index (κ1) is 14.2. The smallest absolute Gasteiger partial charge is 0.351 e. The zero-order chi connectivity index (χ0) is 13.1. The van der Waals surface area contributed by atoms with Crippen molar-refractivity contribution >= 4 is 34.0 Å². The van der Waals surface area contributed by atoms with Crippen LogP contribution in [0.1, 0.15) is 29.9 Å². The van der Waals surface area contributed by atoms with Gasteiger partial charge in [0.05, 0.1) is 19.3 Å². The van der Waals surface area contributed by atoms with E-state index in [1.807, 2.05) is 13.8 Å². The molecule has 2 N–H and O–H groups in total. The zero-order valence-corrected chi connectivity index (χ0v) is 11.5. The Morgan fingerprint density at radius 1 is 1.71 bits per heavy atom. The fourth-order valence-electron chi connectivity index (χ4n) is 1.07. The highest BCUT2D eigenvalue weighted by molar-refractivity contribution is 7.18. The molecule has 17 heavy (non-hydrogen) atoms. The normalized spacial score (nSPS) is 14.2. The van der Waals surface area contributed by atoms with Gasteiger partial charge in [0.2, 0.25) is 0 Å².